The van der Waals surface area contributed by atoms with Crippen LogP contribution in [0.5, 0.6) is 0 Å². The second-order valence-electron chi connectivity index (χ2n) is 13.1. The summed E-state index contributed by atoms with van der Waals surface area (Å²) in [6.07, 6.45) is 0. The third-order valence-electron chi connectivity index (χ3n) is 10.5. The highest BCUT2D eigenvalue weighted by Gasteiger charge is 2.32. The number of benzene rings is 7. The molecule has 6 heteroatoms. The van der Waals surface area contributed by atoms with Gasteiger partial charge in [0, 0.05) is 61.9 Å². The van der Waals surface area contributed by atoms with E-state index in [-0.39, 0.29) is 6.04 Å². The number of hydrogen-bond acceptors (Lipinski definition) is 5. The number of furan rings is 1. The third kappa shape index (κ3) is 3.51. The molecule has 12 rings (SSSR count). The molecule has 0 amide bonds. The van der Waals surface area contributed by atoms with E-state index in [0.29, 0.717) is 0 Å². The molecule has 0 fully saturated rings. The van der Waals surface area contributed by atoms with Crippen molar-refractivity contribution in [3.8, 4) is 0 Å². The van der Waals surface area contributed by atoms with Crippen LogP contribution in [0.3, 0.4) is 0 Å². The molecule has 0 bridgehead atoms. The molecule has 4 aromatic heterocycles. The smallest absolute Gasteiger partial charge is 0.211 e. The van der Waals surface area contributed by atoms with Crippen LogP contribution in [0.2, 0.25) is 0 Å². The fourth-order valence-electron chi connectivity index (χ4n) is 8.36. The first kappa shape index (κ1) is 26.9. The van der Waals surface area contributed by atoms with E-state index in [1.807, 2.05) is 34.8 Å². The summed E-state index contributed by atoms with van der Waals surface area (Å²) in [5, 5.41) is 14.9. The Morgan fingerprint density at radius 1 is 0.560 bits per heavy atom. The zero-order valence-electron chi connectivity index (χ0n) is 26.5. The minimum Gasteiger partial charge on any atom is -0.440 e. The van der Waals surface area contributed by atoms with E-state index < -0.39 is 0 Å². The Balaban J connectivity index is 1.20. The SMILES string of the molecule is c1ccc2c3c(oc2c1)NC(n1c2ccccc2c2c4sc5ccccc5c4c4ccccc4c21)=NC3c1ccc2sc3ccccc3c2c1. The second kappa shape index (κ2) is 9.82. The molecule has 11 aromatic rings. The number of hydrogen-bond donors (Lipinski definition) is 1. The van der Waals surface area contributed by atoms with E-state index in [9.17, 15) is 0 Å². The van der Waals surface area contributed by atoms with Gasteiger partial charge in [-0.2, -0.15) is 0 Å². The number of para-hydroxylation sites is 2. The highest BCUT2D eigenvalue weighted by Crippen LogP contribution is 2.49. The van der Waals surface area contributed by atoms with Crippen LogP contribution in [0.1, 0.15) is 17.2 Å². The van der Waals surface area contributed by atoms with Gasteiger partial charge < -0.3 is 4.42 Å². The lowest BCUT2D eigenvalue weighted by molar-refractivity contribution is 0.623. The molecule has 1 aliphatic rings. The quantitative estimate of drug-likeness (QED) is 0.188. The topological polar surface area (TPSA) is 42.5 Å². The largest absolute Gasteiger partial charge is 0.440 e. The second-order valence-corrected chi connectivity index (χ2v) is 15.2. The molecule has 1 unspecified atom stereocenters. The van der Waals surface area contributed by atoms with Crippen LogP contribution in [0.15, 0.2) is 149 Å². The zero-order valence-corrected chi connectivity index (χ0v) is 28.1. The molecular formula is C44H25N3OS2. The standard InChI is InChI=1S/C44H25N3OS2/c1-2-13-27-26(12-1)37-30-16-6-10-20-35(30)50-42(37)39-28-14-3-7-17-32(28)47(41(27)39)44-45-40(38-29-15-4-8-18-33(29)48-43(38)46-44)24-21-22-36-31(23-24)25-11-5-9-19-34(25)49-36/h1-23,40H,(H,45,46). The Labute approximate surface area is 293 Å². The average Bonchev–Trinajstić information content (AvgIpc) is 3.93. The Bertz CT molecular complexity index is 3260. The number of thiophene rings is 2. The highest BCUT2D eigenvalue weighted by atomic mass is 32.1. The molecule has 1 N–H and O–H groups in total. The van der Waals surface area contributed by atoms with E-state index in [2.05, 4.69) is 137 Å². The first-order valence-corrected chi connectivity index (χ1v) is 18.5. The summed E-state index contributed by atoms with van der Waals surface area (Å²) < 4.78 is 14.2. The molecule has 1 atom stereocenters. The average molecular weight is 676 g/mol. The monoisotopic (exact) mass is 675 g/mol. The van der Waals surface area contributed by atoms with Crippen molar-refractivity contribution in [1.29, 1.82) is 0 Å². The van der Waals surface area contributed by atoms with Crippen LogP contribution in [0.25, 0.3) is 83.9 Å². The molecule has 0 saturated carbocycles. The molecule has 7 aromatic carbocycles. The lowest BCUT2D eigenvalue weighted by Gasteiger charge is -2.24. The van der Waals surface area contributed by atoms with Crippen LogP contribution in [0.4, 0.5) is 5.88 Å². The molecule has 234 valence electrons. The van der Waals surface area contributed by atoms with Gasteiger partial charge in [-0.1, -0.05) is 103 Å². The maximum atomic E-state index is 6.63. The van der Waals surface area contributed by atoms with Crippen LogP contribution < -0.4 is 5.32 Å². The van der Waals surface area contributed by atoms with E-state index >= 15 is 0 Å². The van der Waals surface area contributed by atoms with Gasteiger partial charge in [-0.3, -0.25) is 9.88 Å². The van der Waals surface area contributed by atoms with Crippen molar-refractivity contribution < 1.29 is 4.42 Å². The van der Waals surface area contributed by atoms with Crippen molar-refractivity contribution in [2.75, 3.05) is 5.32 Å². The predicted octanol–water partition coefficient (Wildman–Crippen LogP) is 12.8. The van der Waals surface area contributed by atoms with Gasteiger partial charge in [-0.05, 0) is 47.3 Å². The van der Waals surface area contributed by atoms with Crippen molar-refractivity contribution in [1.82, 2.24) is 4.57 Å². The number of anilines is 1. The number of aromatic nitrogens is 1. The summed E-state index contributed by atoms with van der Waals surface area (Å²) >= 11 is 3.72. The minimum absolute atomic E-state index is 0.275. The molecular weight excluding hydrogens is 651 g/mol. The van der Waals surface area contributed by atoms with Gasteiger partial charge in [0.05, 0.1) is 16.6 Å². The molecule has 0 spiro atoms. The Morgan fingerprint density at radius 2 is 1.22 bits per heavy atom. The highest BCUT2D eigenvalue weighted by molar-refractivity contribution is 7.27. The summed E-state index contributed by atoms with van der Waals surface area (Å²) in [5.74, 6) is 1.50. The van der Waals surface area contributed by atoms with E-state index in [1.54, 1.807) is 0 Å². The van der Waals surface area contributed by atoms with Crippen LogP contribution >= 0.6 is 22.7 Å². The van der Waals surface area contributed by atoms with Crippen molar-refractivity contribution in [3.63, 3.8) is 0 Å². The molecule has 4 nitrogen and oxygen atoms in total. The van der Waals surface area contributed by atoms with Crippen LogP contribution in [-0.2, 0) is 0 Å². The fraction of sp³-hybridized carbons (Fsp3) is 0.0227. The van der Waals surface area contributed by atoms with Gasteiger partial charge in [0.2, 0.25) is 11.8 Å². The van der Waals surface area contributed by atoms with Crippen molar-refractivity contribution >= 4 is 118 Å². The first-order valence-electron chi connectivity index (χ1n) is 16.8. The summed E-state index contributed by atoms with van der Waals surface area (Å²) in [4.78, 5) is 5.67. The Morgan fingerprint density at radius 3 is 2.08 bits per heavy atom. The maximum Gasteiger partial charge on any atom is 0.211 e. The Kier molecular flexibility index (Phi) is 5.29. The Hall–Kier alpha value is -5.95. The van der Waals surface area contributed by atoms with Crippen molar-refractivity contribution in [2.45, 2.75) is 6.04 Å². The molecule has 50 heavy (non-hydrogen) atoms. The molecule has 0 radical (unpaired) electrons. The van der Waals surface area contributed by atoms with Crippen LogP contribution in [0, 0.1) is 0 Å². The van der Waals surface area contributed by atoms with Crippen molar-refractivity contribution in [2.24, 2.45) is 4.99 Å². The van der Waals surface area contributed by atoms with Gasteiger partial charge in [0.15, 0.2) is 0 Å². The third-order valence-corrected chi connectivity index (χ3v) is 12.8. The van der Waals surface area contributed by atoms with Gasteiger partial charge in [0.25, 0.3) is 0 Å². The molecule has 5 heterocycles. The van der Waals surface area contributed by atoms with Crippen molar-refractivity contribution in [3.05, 3.63) is 151 Å². The summed E-state index contributed by atoms with van der Waals surface area (Å²) in [6, 6.07) is 50.0. The number of nitrogens with one attached hydrogen (secondary N) is 1. The predicted molar refractivity (Wildman–Crippen MR) is 214 cm³/mol. The van der Waals surface area contributed by atoms with E-state index in [1.165, 1.54) is 61.9 Å². The fourth-order valence-corrected chi connectivity index (χ4v) is 10.7. The zero-order chi connectivity index (χ0) is 32.5. The van der Waals surface area contributed by atoms with Crippen LogP contribution in [-0.4, -0.2) is 10.5 Å². The van der Waals surface area contributed by atoms with E-state index in [0.717, 1.165) is 45.0 Å². The van der Waals surface area contributed by atoms with Gasteiger partial charge in [0.1, 0.15) is 11.6 Å². The number of nitrogens with zero attached hydrogens (tertiary/aromatic N) is 2. The van der Waals surface area contributed by atoms with Gasteiger partial charge >= 0.3 is 0 Å². The number of fused-ring (bicyclic) bond motifs is 16. The molecule has 0 aliphatic carbocycles. The van der Waals surface area contributed by atoms with Gasteiger partial charge in [-0.15, -0.1) is 22.7 Å². The number of aliphatic imine (C=N–C) groups is 1. The van der Waals surface area contributed by atoms with Gasteiger partial charge in [-0.25, -0.2) is 4.99 Å². The summed E-state index contributed by atoms with van der Waals surface area (Å²) in [7, 11) is 0. The van der Waals surface area contributed by atoms with E-state index in [4.69, 9.17) is 9.41 Å². The maximum absolute atomic E-state index is 6.63. The summed E-state index contributed by atoms with van der Waals surface area (Å²) in [6.45, 7) is 0. The lowest BCUT2D eigenvalue weighted by Crippen LogP contribution is -2.27. The normalized spacial score (nSPS) is 14.9. The minimum atomic E-state index is -0.275. The first-order chi connectivity index (χ1) is 24.8. The molecule has 0 saturated heterocycles. The summed E-state index contributed by atoms with van der Waals surface area (Å²) in [5.41, 5.74) is 5.34. The lowest BCUT2D eigenvalue weighted by atomic mass is 9.95. The number of rotatable bonds is 1. The molecule has 1 aliphatic heterocycles.